The first-order chi connectivity index (χ1) is 7.45. The molecule has 0 aliphatic carbocycles. The Morgan fingerprint density at radius 2 is 1.62 bits per heavy atom. The fourth-order valence-corrected chi connectivity index (χ4v) is 1.97. The van der Waals surface area contributed by atoms with Gasteiger partial charge >= 0.3 is 0 Å². The van der Waals surface area contributed by atoms with E-state index in [0.717, 1.165) is 24.9 Å². The first-order valence-electron chi connectivity index (χ1n) is 6.47. The molecule has 0 amide bonds. The molecule has 0 rings (SSSR count). The van der Waals surface area contributed by atoms with Crippen molar-refractivity contribution in [3.8, 4) is 0 Å². The standard InChI is InChI=1S/C13H31N3/c1-12(2)10-16(8-7-15(5)6)11-13(3)9-14-4/h12-14H,7-11H2,1-6H3. The Morgan fingerprint density at radius 1 is 1.00 bits per heavy atom. The third kappa shape index (κ3) is 9.13. The lowest BCUT2D eigenvalue weighted by atomic mass is 10.1. The highest BCUT2D eigenvalue weighted by atomic mass is 15.2. The van der Waals surface area contributed by atoms with Crippen LogP contribution in [0, 0.1) is 11.8 Å². The maximum Gasteiger partial charge on any atom is 0.0109 e. The van der Waals surface area contributed by atoms with E-state index in [9.17, 15) is 0 Å². The number of likely N-dealkylation sites (N-methyl/N-ethyl adjacent to an activating group) is 1. The molecule has 1 unspecified atom stereocenters. The Hall–Kier alpha value is -0.120. The van der Waals surface area contributed by atoms with Gasteiger partial charge in [-0.2, -0.15) is 0 Å². The molecule has 0 aromatic rings. The molecular formula is C13H31N3. The van der Waals surface area contributed by atoms with Crippen LogP contribution in [0.25, 0.3) is 0 Å². The summed E-state index contributed by atoms with van der Waals surface area (Å²) in [6.45, 7) is 12.8. The molecule has 3 nitrogen and oxygen atoms in total. The summed E-state index contributed by atoms with van der Waals surface area (Å²) < 4.78 is 0. The van der Waals surface area contributed by atoms with Crippen molar-refractivity contribution < 1.29 is 0 Å². The van der Waals surface area contributed by atoms with Crippen molar-refractivity contribution in [1.29, 1.82) is 0 Å². The molecule has 0 fully saturated rings. The van der Waals surface area contributed by atoms with Crippen LogP contribution in [0.2, 0.25) is 0 Å². The average molecular weight is 229 g/mol. The summed E-state index contributed by atoms with van der Waals surface area (Å²) in [4.78, 5) is 4.85. The summed E-state index contributed by atoms with van der Waals surface area (Å²) in [5.74, 6) is 1.48. The Kier molecular flexibility index (Phi) is 8.90. The van der Waals surface area contributed by atoms with Gasteiger partial charge in [0.05, 0.1) is 0 Å². The molecule has 1 N–H and O–H groups in total. The molecule has 0 spiro atoms. The van der Waals surface area contributed by atoms with E-state index in [-0.39, 0.29) is 0 Å². The number of hydrogen-bond acceptors (Lipinski definition) is 3. The molecule has 0 saturated heterocycles. The molecule has 0 saturated carbocycles. The summed E-state index contributed by atoms with van der Waals surface area (Å²) in [5.41, 5.74) is 0. The van der Waals surface area contributed by atoms with E-state index in [2.05, 4.69) is 50.0 Å². The minimum Gasteiger partial charge on any atom is -0.319 e. The molecule has 1 atom stereocenters. The number of nitrogens with zero attached hydrogens (tertiary/aromatic N) is 2. The van der Waals surface area contributed by atoms with Crippen molar-refractivity contribution in [3.63, 3.8) is 0 Å². The Labute approximate surface area is 102 Å². The van der Waals surface area contributed by atoms with E-state index >= 15 is 0 Å². The lowest BCUT2D eigenvalue weighted by molar-refractivity contribution is 0.194. The van der Waals surface area contributed by atoms with E-state index in [1.807, 2.05) is 7.05 Å². The average Bonchev–Trinajstić information content (AvgIpc) is 2.13. The number of rotatable bonds is 9. The van der Waals surface area contributed by atoms with Crippen molar-refractivity contribution in [2.75, 3.05) is 53.9 Å². The van der Waals surface area contributed by atoms with Crippen LogP contribution < -0.4 is 5.32 Å². The van der Waals surface area contributed by atoms with Gasteiger partial charge in [-0.05, 0) is 39.5 Å². The predicted molar refractivity (Wildman–Crippen MR) is 72.9 cm³/mol. The first-order valence-corrected chi connectivity index (χ1v) is 6.47. The van der Waals surface area contributed by atoms with Gasteiger partial charge in [0.1, 0.15) is 0 Å². The van der Waals surface area contributed by atoms with Gasteiger partial charge in [-0.1, -0.05) is 20.8 Å². The first kappa shape index (κ1) is 15.9. The number of hydrogen-bond donors (Lipinski definition) is 1. The minimum atomic E-state index is 0.728. The van der Waals surface area contributed by atoms with Crippen molar-refractivity contribution in [1.82, 2.24) is 15.1 Å². The Balaban J connectivity index is 3.98. The normalized spacial score (nSPS) is 14.1. The molecule has 0 aromatic heterocycles. The molecular weight excluding hydrogens is 198 g/mol. The van der Waals surface area contributed by atoms with Gasteiger partial charge < -0.3 is 15.1 Å². The van der Waals surface area contributed by atoms with Crippen molar-refractivity contribution in [2.45, 2.75) is 20.8 Å². The second kappa shape index (κ2) is 8.97. The zero-order valence-corrected chi connectivity index (χ0v) is 12.1. The van der Waals surface area contributed by atoms with Crippen LogP contribution in [0.5, 0.6) is 0 Å². The molecule has 0 heterocycles. The molecule has 0 aromatic carbocycles. The Morgan fingerprint density at radius 3 is 2.06 bits per heavy atom. The fourth-order valence-electron chi connectivity index (χ4n) is 1.97. The van der Waals surface area contributed by atoms with Gasteiger partial charge in [0.25, 0.3) is 0 Å². The second-order valence-corrected chi connectivity index (χ2v) is 5.62. The van der Waals surface area contributed by atoms with Gasteiger partial charge in [-0.15, -0.1) is 0 Å². The highest BCUT2D eigenvalue weighted by Crippen LogP contribution is 2.03. The molecule has 0 aliphatic heterocycles. The molecule has 16 heavy (non-hydrogen) atoms. The van der Waals surface area contributed by atoms with Gasteiger partial charge in [-0.3, -0.25) is 0 Å². The maximum atomic E-state index is 3.25. The van der Waals surface area contributed by atoms with Crippen LogP contribution in [-0.2, 0) is 0 Å². The molecule has 0 bridgehead atoms. The molecule has 98 valence electrons. The summed E-state index contributed by atoms with van der Waals surface area (Å²) >= 11 is 0. The van der Waals surface area contributed by atoms with E-state index in [1.165, 1.54) is 19.6 Å². The van der Waals surface area contributed by atoms with E-state index in [0.29, 0.717) is 0 Å². The zero-order valence-electron chi connectivity index (χ0n) is 12.1. The molecule has 0 aliphatic rings. The fraction of sp³-hybridized carbons (Fsp3) is 1.00. The van der Waals surface area contributed by atoms with Crippen LogP contribution >= 0.6 is 0 Å². The highest BCUT2D eigenvalue weighted by molar-refractivity contribution is 4.66. The lowest BCUT2D eigenvalue weighted by Gasteiger charge is -2.28. The van der Waals surface area contributed by atoms with Crippen LogP contribution in [0.1, 0.15) is 20.8 Å². The number of nitrogens with one attached hydrogen (secondary N) is 1. The predicted octanol–water partition coefficient (Wildman–Crippen LogP) is 1.36. The lowest BCUT2D eigenvalue weighted by Crippen LogP contribution is -2.38. The van der Waals surface area contributed by atoms with Crippen molar-refractivity contribution in [2.24, 2.45) is 11.8 Å². The van der Waals surface area contributed by atoms with Gasteiger partial charge in [0.15, 0.2) is 0 Å². The summed E-state index contributed by atoms with van der Waals surface area (Å²) in [7, 11) is 6.32. The van der Waals surface area contributed by atoms with Gasteiger partial charge in [-0.25, -0.2) is 0 Å². The van der Waals surface area contributed by atoms with Gasteiger partial charge in [0.2, 0.25) is 0 Å². The Bertz CT molecular complexity index is 157. The summed E-state index contributed by atoms with van der Waals surface area (Å²) in [5, 5.41) is 3.25. The second-order valence-electron chi connectivity index (χ2n) is 5.62. The van der Waals surface area contributed by atoms with Crippen LogP contribution in [0.3, 0.4) is 0 Å². The zero-order chi connectivity index (χ0) is 12.6. The molecule has 3 heteroatoms. The van der Waals surface area contributed by atoms with Crippen LogP contribution in [-0.4, -0.2) is 63.7 Å². The third-order valence-corrected chi connectivity index (χ3v) is 2.61. The maximum absolute atomic E-state index is 3.25. The monoisotopic (exact) mass is 229 g/mol. The molecule has 0 radical (unpaired) electrons. The topological polar surface area (TPSA) is 18.5 Å². The van der Waals surface area contributed by atoms with Crippen molar-refractivity contribution in [3.05, 3.63) is 0 Å². The minimum absolute atomic E-state index is 0.728. The summed E-state index contributed by atoms with van der Waals surface area (Å²) in [6, 6.07) is 0. The summed E-state index contributed by atoms with van der Waals surface area (Å²) in [6.07, 6.45) is 0. The van der Waals surface area contributed by atoms with Gasteiger partial charge in [0, 0.05) is 26.2 Å². The quantitative estimate of drug-likeness (QED) is 0.644. The highest BCUT2D eigenvalue weighted by Gasteiger charge is 2.11. The van der Waals surface area contributed by atoms with E-state index in [1.54, 1.807) is 0 Å². The van der Waals surface area contributed by atoms with Crippen LogP contribution in [0.4, 0.5) is 0 Å². The SMILES string of the molecule is CNCC(C)CN(CCN(C)C)CC(C)C. The van der Waals surface area contributed by atoms with Crippen LogP contribution in [0.15, 0.2) is 0 Å². The third-order valence-electron chi connectivity index (χ3n) is 2.61. The van der Waals surface area contributed by atoms with E-state index in [4.69, 9.17) is 0 Å². The largest absolute Gasteiger partial charge is 0.319 e. The van der Waals surface area contributed by atoms with E-state index < -0.39 is 0 Å². The smallest absolute Gasteiger partial charge is 0.0109 e. The van der Waals surface area contributed by atoms with Crippen molar-refractivity contribution >= 4 is 0 Å².